The molecule has 1 amide bonds. The number of fused-ring (bicyclic) bond motifs is 1. The number of hydrogen-bond donors (Lipinski definition) is 3. The molecule has 1 aliphatic rings. The second-order valence-electron chi connectivity index (χ2n) is 5.59. The van der Waals surface area contributed by atoms with Crippen LogP contribution in [0.25, 0.3) is 10.9 Å². The lowest BCUT2D eigenvalue weighted by Crippen LogP contribution is -2.32. The van der Waals surface area contributed by atoms with E-state index in [1.807, 2.05) is 24.3 Å². The summed E-state index contributed by atoms with van der Waals surface area (Å²) in [5, 5.41) is 12.9. The van der Waals surface area contributed by atoms with Crippen molar-refractivity contribution in [1.82, 2.24) is 10.3 Å². The van der Waals surface area contributed by atoms with Gasteiger partial charge in [-0.25, -0.2) is 0 Å². The number of H-pyrrole nitrogens is 1. The lowest BCUT2D eigenvalue weighted by Gasteiger charge is -2.16. The molecule has 5 heteroatoms. The first-order valence-electron chi connectivity index (χ1n) is 7.24. The normalized spacial score (nSPS) is 21.5. The SMILES string of the molecule is O=C(NCC1CCCC1C(=O)O)c1c[nH]c2ccccc12. The van der Waals surface area contributed by atoms with Crippen LogP contribution in [0.3, 0.4) is 0 Å². The maximum atomic E-state index is 12.3. The molecule has 3 N–H and O–H groups in total. The number of hydrogen-bond acceptors (Lipinski definition) is 2. The van der Waals surface area contributed by atoms with E-state index in [4.69, 9.17) is 5.11 Å². The first-order valence-corrected chi connectivity index (χ1v) is 7.24. The van der Waals surface area contributed by atoms with Crippen LogP contribution in [0.15, 0.2) is 30.5 Å². The first kappa shape index (κ1) is 13.7. The van der Waals surface area contributed by atoms with Crippen LogP contribution in [0, 0.1) is 11.8 Å². The molecule has 0 bridgehead atoms. The minimum atomic E-state index is -0.751. The van der Waals surface area contributed by atoms with E-state index >= 15 is 0 Å². The molecule has 2 atom stereocenters. The van der Waals surface area contributed by atoms with E-state index in [9.17, 15) is 9.59 Å². The summed E-state index contributed by atoms with van der Waals surface area (Å²) in [6, 6.07) is 7.63. The van der Waals surface area contributed by atoms with Gasteiger partial charge in [0.2, 0.25) is 0 Å². The largest absolute Gasteiger partial charge is 0.481 e. The third kappa shape index (κ3) is 2.63. The molecule has 2 aromatic rings. The Hall–Kier alpha value is -2.30. The zero-order valence-electron chi connectivity index (χ0n) is 11.6. The second kappa shape index (κ2) is 5.60. The highest BCUT2D eigenvalue weighted by atomic mass is 16.4. The third-order valence-electron chi connectivity index (χ3n) is 4.33. The van der Waals surface area contributed by atoms with E-state index in [1.54, 1.807) is 6.20 Å². The number of amides is 1. The average Bonchev–Trinajstić information content (AvgIpc) is 3.11. The van der Waals surface area contributed by atoms with Crippen LogP contribution in [0.2, 0.25) is 0 Å². The van der Waals surface area contributed by atoms with E-state index in [1.165, 1.54) is 0 Å². The number of aliphatic carboxylic acids is 1. The number of para-hydroxylation sites is 1. The molecular formula is C16H18N2O3. The quantitative estimate of drug-likeness (QED) is 0.807. The van der Waals surface area contributed by atoms with Crippen LogP contribution in [-0.2, 0) is 4.79 Å². The van der Waals surface area contributed by atoms with E-state index in [-0.39, 0.29) is 17.7 Å². The number of carbonyl (C=O) groups excluding carboxylic acids is 1. The van der Waals surface area contributed by atoms with E-state index in [0.29, 0.717) is 18.5 Å². The number of carboxylic acid groups (broad SMARTS) is 1. The number of carbonyl (C=O) groups is 2. The molecular weight excluding hydrogens is 268 g/mol. The van der Waals surface area contributed by atoms with Gasteiger partial charge in [0.1, 0.15) is 0 Å². The van der Waals surface area contributed by atoms with Crippen molar-refractivity contribution >= 4 is 22.8 Å². The maximum Gasteiger partial charge on any atom is 0.306 e. The molecule has 5 nitrogen and oxygen atoms in total. The van der Waals surface area contributed by atoms with Gasteiger partial charge < -0.3 is 15.4 Å². The molecule has 0 saturated heterocycles. The molecule has 1 saturated carbocycles. The van der Waals surface area contributed by atoms with Crippen LogP contribution in [0.1, 0.15) is 29.6 Å². The predicted molar refractivity (Wildman–Crippen MR) is 79.1 cm³/mol. The molecule has 0 radical (unpaired) electrons. The van der Waals surface area contributed by atoms with Crippen molar-refractivity contribution in [3.63, 3.8) is 0 Å². The van der Waals surface area contributed by atoms with Crippen molar-refractivity contribution in [3.05, 3.63) is 36.0 Å². The smallest absolute Gasteiger partial charge is 0.306 e. The summed E-state index contributed by atoms with van der Waals surface area (Å²) in [6.45, 7) is 0.426. The minimum Gasteiger partial charge on any atom is -0.481 e. The molecule has 3 rings (SSSR count). The van der Waals surface area contributed by atoms with E-state index < -0.39 is 5.97 Å². The van der Waals surface area contributed by atoms with Gasteiger partial charge in [0.15, 0.2) is 0 Å². The Labute approximate surface area is 122 Å². The van der Waals surface area contributed by atoms with Gasteiger partial charge in [-0.2, -0.15) is 0 Å². The lowest BCUT2D eigenvalue weighted by molar-refractivity contribution is -0.142. The van der Waals surface area contributed by atoms with Gasteiger partial charge in [0.25, 0.3) is 5.91 Å². The molecule has 0 aliphatic heterocycles. The predicted octanol–water partition coefficient (Wildman–Crippen LogP) is 2.40. The van der Waals surface area contributed by atoms with Crippen molar-refractivity contribution in [1.29, 1.82) is 0 Å². The van der Waals surface area contributed by atoms with Crippen LogP contribution in [-0.4, -0.2) is 28.5 Å². The third-order valence-corrected chi connectivity index (χ3v) is 4.33. The average molecular weight is 286 g/mol. The van der Waals surface area contributed by atoms with Crippen molar-refractivity contribution in [3.8, 4) is 0 Å². The van der Waals surface area contributed by atoms with Crippen molar-refractivity contribution in [2.45, 2.75) is 19.3 Å². The Morgan fingerprint density at radius 3 is 2.90 bits per heavy atom. The fraction of sp³-hybridized carbons (Fsp3) is 0.375. The molecule has 1 aromatic heterocycles. The fourth-order valence-electron chi connectivity index (χ4n) is 3.18. The Kier molecular flexibility index (Phi) is 3.64. The second-order valence-corrected chi connectivity index (χ2v) is 5.59. The summed E-state index contributed by atoms with van der Waals surface area (Å²) in [5.41, 5.74) is 1.53. The molecule has 2 unspecified atom stereocenters. The van der Waals surface area contributed by atoms with Gasteiger partial charge in [0, 0.05) is 23.6 Å². The number of aromatic amines is 1. The highest BCUT2D eigenvalue weighted by molar-refractivity contribution is 6.06. The Morgan fingerprint density at radius 2 is 2.10 bits per heavy atom. The molecule has 110 valence electrons. The molecule has 1 heterocycles. The highest BCUT2D eigenvalue weighted by Crippen LogP contribution is 2.31. The Bertz CT molecular complexity index is 677. The highest BCUT2D eigenvalue weighted by Gasteiger charge is 2.32. The zero-order valence-corrected chi connectivity index (χ0v) is 11.6. The Morgan fingerprint density at radius 1 is 1.29 bits per heavy atom. The fourth-order valence-corrected chi connectivity index (χ4v) is 3.18. The monoisotopic (exact) mass is 286 g/mol. The number of carboxylic acids is 1. The van der Waals surface area contributed by atoms with E-state index in [0.717, 1.165) is 23.7 Å². The van der Waals surface area contributed by atoms with Crippen LogP contribution in [0.4, 0.5) is 0 Å². The van der Waals surface area contributed by atoms with Gasteiger partial charge in [0.05, 0.1) is 11.5 Å². The zero-order chi connectivity index (χ0) is 14.8. The summed E-state index contributed by atoms with van der Waals surface area (Å²) >= 11 is 0. The summed E-state index contributed by atoms with van der Waals surface area (Å²) < 4.78 is 0. The van der Waals surface area contributed by atoms with Crippen LogP contribution in [0.5, 0.6) is 0 Å². The number of aromatic nitrogens is 1. The van der Waals surface area contributed by atoms with Gasteiger partial charge in [-0.15, -0.1) is 0 Å². The molecule has 1 aromatic carbocycles. The summed E-state index contributed by atoms with van der Waals surface area (Å²) in [7, 11) is 0. The number of benzene rings is 1. The standard InChI is InChI=1S/C16H18N2O3/c19-15(13-9-17-14-7-2-1-5-12(13)14)18-8-10-4-3-6-11(10)16(20)21/h1-2,5,7,9-11,17H,3-4,6,8H2,(H,18,19)(H,20,21). The van der Waals surface area contributed by atoms with Crippen molar-refractivity contribution in [2.75, 3.05) is 6.54 Å². The maximum absolute atomic E-state index is 12.3. The molecule has 0 spiro atoms. The Balaban J connectivity index is 1.68. The molecule has 1 fully saturated rings. The van der Waals surface area contributed by atoms with Crippen LogP contribution >= 0.6 is 0 Å². The first-order chi connectivity index (χ1) is 10.2. The summed E-state index contributed by atoms with van der Waals surface area (Å²) in [5.74, 6) is -1.19. The van der Waals surface area contributed by atoms with E-state index in [2.05, 4.69) is 10.3 Å². The van der Waals surface area contributed by atoms with Gasteiger partial charge in [-0.3, -0.25) is 9.59 Å². The summed E-state index contributed by atoms with van der Waals surface area (Å²) in [4.78, 5) is 26.5. The topological polar surface area (TPSA) is 82.2 Å². The number of nitrogens with one attached hydrogen (secondary N) is 2. The van der Waals surface area contributed by atoms with Crippen molar-refractivity contribution < 1.29 is 14.7 Å². The minimum absolute atomic E-state index is 0.0386. The number of rotatable bonds is 4. The molecule has 1 aliphatic carbocycles. The van der Waals surface area contributed by atoms with Gasteiger partial charge in [-0.05, 0) is 24.8 Å². The van der Waals surface area contributed by atoms with Gasteiger partial charge >= 0.3 is 5.97 Å². The lowest BCUT2D eigenvalue weighted by atomic mass is 9.96. The van der Waals surface area contributed by atoms with Gasteiger partial charge in [-0.1, -0.05) is 24.6 Å². The summed E-state index contributed by atoms with van der Waals surface area (Å²) in [6.07, 6.45) is 4.20. The van der Waals surface area contributed by atoms with Crippen LogP contribution < -0.4 is 5.32 Å². The van der Waals surface area contributed by atoms with Crippen molar-refractivity contribution in [2.24, 2.45) is 11.8 Å². The molecule has 21 heavy (non-hydrogen) atoms.